The molecule has 1 aromatic heterocycles. The number of halogens is 2. The van der Waals surface area contributed by atoms with Crippen LogP contribution in [0.25, 0.3) is 0 Å². The fourth-order valence-corrected chi connectivity index (χ4v) is 5.66. The molecular formula is C16H24Br2S. The number of unbranched alkanes of at least 4 members (excludes halogenated alkanes) is 1. The Labute approximate surface area is 138 Å². The molecule has 1 fully saturated rings. The van der Waals surface area contributed by atoms with Gasteiger partial charge in [0.15, 0.2) is 0 Å². The van der Waals surface area contributed by atoms with Gasteiger partial charge in [-0.3, -0.25) is 0 Å². The average molecular weight is 408 g/mol. The Morgan fingerprint density at radius 2 is 2.05 bits per heavy atom. The third-order valence-electron chi connectivity index (χ3n) is 4.59. The Kier molecular flexibility index (Phi) is 6.42. The van der Waals surface area contributed by atoms with Crippen LogP contribution in [0.2, 0.25) is 0 Å². The summed E-state index contributed by atoms with van der Waals surface area (Å²) >= 11 is 9.29. The lowest BCUT2D eigenvalue weighted by Crippen LogP contribution is -2.31. The Balaban J connectivity index is 1.90. The van der Waals surface area contributed by atoms with Crippen LogP contribution in [0.1, 0.15) is 56.7 Å². The molecule has 0 atom stereocenters. The normalized spacial score (nSPS) is 27.6. The number of hydrogen-bond donors (Lipinski definition) is 0. The van der Waals surface area contributed by atoms with Crippen molar-refractivity contribution in [3.05, 3.63) is 20.8 Å². The molecule has 1 heterocycles. The standard InChI is InChI=1S/C16H24Br2S/c1-2-3-4-13-7-9-16(12-17,10-8-13)11-14-5-6-15(18)19-14/h5-6,13H,2-4,7-12H2,1H3. The van der Waals surface area contributed by atoms with Gasteiger partial charge in [-0.05, 0) is 71.5 Å². The zero-order chi connectivity index (χ0) is 13.7. The van der Waals surface area contributed by atoms with E-state index in [4.69, 9.17) is 0 Å². The van der Waals surface area contributed by atoms with Crippen LogP contribution in [0.5, 0.6) is 0 Å². The van der Waals surface area contributed by atoms with E-state index in [1.807, 2.05) is 11.3 Å². The topological polar surface area (TPSA) is 0 Å². The zero-order valence-corrected chi connectivity index (χ0v) is 15.7. The van der Waals surface area contributed by atoms with Gasteiger partial charge in [-0.1, -0.05) is 42.1 Å². The van der Waals surface area contributed by atoms with E-state index in [0.717, 1.165) is 11.2 Å². The van der Waals surface area contributed by atoms with Crippen LogP contribution < -0.4 is 0 Å². The minimum atomic E-state index is 0.521. The van der Waals surface area contributed by atoms with Crippen molar-refractivity contribution in [2.45, 2.75) is 58.3 Å². The molecule has 0 aromatic carbocycles. The first-order valence-electron chi connectivity index (χ1n) is 7.47. The maximum absolute atomic E-state index is 3.80. The first-order valence-corrected chi connectivity index (χ1v) is 10.2. The van der Waals surface area contributed by atoms with E-state index in [9.17, 15) is 0 Å². The second-order valence-electron chi connectivity index (χ2n) is 6.10. The summed E-state index contributed by atoms with van der Waals surface area (Å²) in [6.45, 7) is 2.31. The molecule has 3 heteroatoms. The highest BCUT2D eigenvalue weighted by molar-refractivity contribution is 9.11. The lowest BCUT2D eigenvalue weighted by molar-refractivity contribution is 0.169. The Morgan fingerprint density at radius 3 is 2.58 bits per heavy atom. The molecular weight excluding hydrogens is 384 g/mol. The van der Waals surface area contributed by atoms with E-state index in [1.54, 1.807) is 4.88 Å². The molecule has 1 aliphatic rings. The number of alkyl halides is 1. The first-order chi connectivity index (χ1) is 9.17. The van der Waals surface area contributed by atoms with Gasteiger partial charge in [0, 0.05) is 10.2 Å². The van der Waals surface area contributed by atoms with Gasteiger partial charge < -0.3 is 0 Å². The third-order valence-corrected chi connectivity index (χ3v) is 7.41. The number of rotatable bonds is 6. The maximum Gasteiger partial charge on any atom is 0.0701 e. The van der Waals surface area contributed by atoms with Crippen LogP contribution in [0, 0.1) is 11.3 Å². The summed E-state index contributed by atoms with van der Waals surface area (Å²) in [7, 11) is 0. The van der Waals surface area contributed by atoms with E-state index in [2.05, 4.69) is 50.9 Å². The molecule has 2 rings (SSSR count). The van der Waals surface area contributed by atoms with Crippen molar-refractivity contribution < 1.29 is 0 Å². The van der Waals surface area contributed by atoms with Gasteiger partial charge in [0.05, 0.1) is 3.79 Å². The molecule has 0 amide bonds. The Bertz CT molecular complexity index is 378. The van der Waals surface area contributed by atoms with Crippen LogP contribution in [0.4, 0.5) is 0 Å². The maximum atomic E-state index is 3.80. The minimum absolute atomic E-state index is 0.521. The quantitative estimate of drug-likeness (QED) is 0.454. The summed E-state index contributed by atoms with van der Waals surface area (Å²) in [6, 6.07) is 4.48. The minimum Gasteiger partial charge on any atom is -0.133 e. The highest BCUT2D eigenvalue weighted by atomic mass is 79.9. The van der Waals surface area contributed by atoms with Crippen molar-refractivity contribution in [2.24, 2.45) is 11.3 Å². The van der Waals surface area contributed by atoms with Gasteiger partial charge >= 0.3 is 0 Å². The van der Waals surface area contributed by atoms with E-state index in [1.165, 1.54) is 55.2 Å². The van der Waals surface area contributed by atoms with Gasteiger partial charge in [0.2, 0.25) is 0 Å². The number of thiophene rings is 1. The van der Waals surface area contributed by atoms with Crippen molar-refractivity contribution >= 4 is 43.2 Å². The van der Waals surface area contributed by atoms with Crippen molar-refractivity contribution in [3.63, 3.8) is 0 Å². The molecule has 0 radical (unpaired) electrons. The smallest absolute Gasteiger partial charge is 0.0701 e. The van der Waals surface area contributed by atoms with Crippen molar-refractivity contribution in [1.29, 1.82) is 0 Å². The third kappa shape index (κ3) is 4.57. The summed E-state index contributed by atoms with van der Waals surface area (Å²) in [4.78, 5) is 1.54. The molecule has 1 aliphatic carbocycles. The summed E-state index contributed by atoms with van der Waals surface area (Å²) in [5, 5.41) is 1.16. The molecule has 108 valence electrons. The fraction of sp³-hybridized carbons (Fsp3) is 0.750. The number of hydrogen-bond acceptors (Lipinski definition) is 1. The average Bonchev–Trinajstić information content (AvgIpc) is 2.83. The Morgan fingerprint density at radius 1 is 1.32 bits per heavy atom. The predicted octanol–water partition coefficient (Wildman–Crippen LogP) is 6.81. The van der Waals surface area contributed by atoms with E-state index in [0.29, 0.717) is 5.41 Å². The highest BCUT2D eigenvalue weighted by Gasteiger charge is 2.34. The lowest BCUT2D eigenvalue weighted by Gasteiger charge is -2.39. The summed E-state index contributed by atoms with van der Waals surface area (Å²) < 4.78 is 1.27. The second-order valence-corrected chi connectivity index (χ2v) is 9.21. The lowest BCUT2D eigenvalue weighted by atomic mass is 9.69. The van der Waals surface area contributed by atoms with Gasteiger partial charge in [-0.15, -0.1) is 11.3 Å². The van der Waals surface area contributed by atoms with Gasteiger partial charge in [-0.25, -0.2) is 0 Å². The molecule has 1 aromatic rings. The monoisotopic (exact) mass is 406 g/mol. The summed E-state index contributed by atoms with van der Waals surface area (Å²) in [6.07, 6.45) is 11.2. The molecule has 0 saturated heterocycles. The van der Waals surface area contributed by atoms with Gasteiger partial charge in [-0.2, -0.15) is 0 Å². The molecule has 0 aliphatic heterocycles. The van der Waals surface area contributed by atoms with Crippen molar-refractivity contribution in [1.82, 2.24) is 0 Å². The van der Waals surface area contributed by atoms with Crippen molar-refractivity contribution in [3.8, 4) is 0 Å². The molecule has 19 heavy (non-hydrogen) atoms. The molecule has 0 unspecified atom stereocenters. The second kappa shape index (κ2) is 7.61. The van der Waals surface area contributed by atoms with Gasteiger partial charge in [0.25, 0.3) is 0 Å². The Hall–Kier alpha value is 0.660. The largest absolute Gasteiger partial charge is 0.133 e. The summed E-state index contributed by atoms with van der Waals surface area (Å²) in [5.41, 5.74) is 0.521. The van der Waals surface area contributed by atoms with Crippen LogP contribution >= 0.6 is 43.2 Å². The van der Waals surface area contributed by atoms with Crippen LogP contribution in [-0.4, -0.2) is 5.33 Å². The van der Waals surface area contributed by atoms with Crippen LogP contribution in [-0.2, 0) is 6.42 Å². The first kappa shape index (κ1) is 16.0. The van der Waals surface area contributed by atoms with Gasteiger partial charge in [0.1, 0.15) is 0 Å². The fourth-order valence-electron chi connectivity index (χ4n) is 3.25. The highest BCUT2D eigenvalue weighted by Crippen LogP contribution is 2.45. The molecule has 0 N–H and O–H groups in total. The van der Waals surface area contributed by atoms with E-state index >= 15 is 0 Å². The molecule has 0 spiro atoms. The SMILES string of the molecule is CCCCC1CCC(CBr)(Cc2ccc(Br)s2)CC1. The molecule has 1 saturated carbocycles. The van der Waals surface area contributed by atoms with E-state index in [-0.39, 0.29) is 0 Å². The predicted molar refractivity (Wildman–Crippen MR) is 93.4 cm³/mol. The molecule has 0 bridgehead atoms. The summed E-state index contributed by atoms with van der Waals surface area (Å²) in [5.74, 6) is 1.00. The molecule has 0 nitrogen and oxygen atoms in total. The van der Waals surface area contributed by atoms with E-state index < -0.39 is 0 Å². The van der Waals surface area contributed by atoms with Crippen molar-refractivity contribution in [2.75, 3.05) is 5.33 Å². The van der Waals surface area contributed by atoms with Crippen LogP contribution in [0.15, 0.2) is 15.9 Å². The zero-order valence-electron chi connectivity index (χ0n) is 11.8. The van der Waals surface area contributed by atoms with Crippen LogP contribution in [0.3, 0.4) is 0 Å².